The maximum atomic E-state index is 11.4. The minimum Gasteiger partial charge on any atom is -0.478 e. The molecule has 1 heterocycles. The van der Waals surface area contributed by atoms with Gasteiger partial charge in [-0.05, 0) is 29.7 Å². The first-order valence-electron chi connectivity index (χ1n) is 8.54. The molecule has 0 aliphatic carbocycles. The molecule has 0 unspecified atom stereocenters. The first-order valence-corrected chi connectivity index (χ1v) is 9.01. The van der Waals surface area contributed by atoms with Gasteiger partial charge in [-0.25, -0.2) is 14.5 Å². The van der Waals surface area contributed by atoms with Crippen molar-refractivity contribution in [3.63, 3.8) is 0 Å². The lowest BCUT2D eigenvalue weighted by molar-refractivity contribution is 0.0697. The number of allylic oxidation sites excluding steroid dienone is 2. The van der Waals surface area contributed by atoms with E-state index in [1.54, 1.807) is 12.1 Å². The Labute approximate surface area is 163 Å². The number of hydrogen-bond donors (Lipinski definition) is 1. The number of carboxylic acid groups (broad SMARTS) is 1. The molecule has 6 heteroatoms. The van der Waals surface area contributed by atoms with Crippen LogP contribution in [0.1, 0.15) is 34.5 Å². The number of nitrogens with zero attached hydrogens (tertiary/aromatic N) is 3. The smallest absolute Gasteiger partial charge is 0.336 e. The highest BCUT2D eigenvalue weighted by Crippen LogP contribution is 2.24. The number of thiocarbonyl (C=S) groups is 1. The van der Waals surface area contributed by atoms with Crippen LogP contribution < -0.4 is 0 Å². The summed E-state index contributed by atoms with van der Waals surface area (Å²) < 4.78 is 1.84. The summed E-state index contributed by atoms with van der Waals surface area (Å²) in [6.45, 7) is 2.61. The van der Waals surface area contributed by atoms with Gasteiger partial charge in [0.1, 0.15) is 5.82 Å². The average molecular weight is 377 g/mol. The van der Waals surface area contributed by atoms with Crippen molar-refractivity contribution in [1.82, 2.24) is 14.8 Å². The van der Waals surface area contributed by atoms with E-state index in [4.69, 9.17) is 12.2 Å². The van der Waals surface area contributed by atoms with Crippen molar-refractivity contribution in [2.24, 2.45) is 0 Å². The minimum absolute atomic E-state index is 0.293. The van der Waals surface area contributed by atoms with Crippen LogP contribution in [0.25, 0.3) is 11.1 Å². The quantitative estimate of drug-likeness (QED) is 0.495. The molecule has 3 aromatic rings. The average Bonchev–Trinajstić information content (AvgIpc) is 3.08. The van der Waals surface area contributed by atoms with Crippen LogP contribution in [0.2, 0.25) is 0 Å². The second-order valence-corrected chi connectivity index (χ2v) is 6.22. The molecule has 0 atom stereocenters. The third-order valence-corrected chi connectivity index (χ3v) is 4.38. The summed E-state index contributed by atoms with van der Waals surface area (Å²) in [6.07, 6.45) is 4.60. The second-order valence-electron chi connectivity index (χ2n) is 5.98. The Kier molecular flexibility index (Phi) is 5.88. The number of rotatable bonds is 7. The Balaban J connectivity index is 1.86. The standard InChI is InChI=1S/C21H19N3O2S/c1-2-3-12-24-20(22-19(14-27)23-24)13-15-8-10-16(11-9-15)17-6-4-5-7-18(17)21(25)26/h2-11,14H,12-13H2,1H3,(H,25,26). The number of aromatic nitrogens is 3. The Morgan fingerprint density at radius 2 is 1.93 bits per heavy atom. The van der Waals surface area contributed by atoms with Crippen molar-refractivity contribution in [3.8, 4) is 11.1 Å². The lowest BCUT2D eigenvalue weighted by Crippen LogP contribution is -2.05. The molecule has 0 saturated heterocycles. The number of aromatic carboxylic acids is 1. The molecule has 2 aromatic carbocycles. The predicted octanol–water partition coefficient (Wildman–Crippen LogP) is 4.16. The van der Waals surface area contributed by atoms with Gasteiger partial charge in [0.15, 0.2) is 5.82 Å². The molecule has 0 amide bonds. The topological polar surface area (TPSA) is 68.0 Å². The molecule has 0 radical (unpaired) electrons. The van der Waals surface area contributed by atoms with Gasteiger partial charge in [-0.3, -0.25) is 0 Å². The fraction of sp³-hybridized carbons (Fsp3) is 0.143. The summed E-state index contributed by atoms with van der Waals surface area (Å²) in [5.74, 6) is 0.443. The Bertz CT molecular complexity index is 991. The van der Waals surface area contributed by atoms with Crippen molar-refractivity contribution in [3.05, 3.63) is 83.5 Å². The van der Waals surface area contributed by atoms with E-state index in [-0.39, 0.29) is 0 Å². The molecule has 27 heavy (non-hydrogen) atoms. The number of carboxylic acids is 1. The molecule has 136 valence electrons. The van der Waals surface area contributed by atoms with E-state index >= 15 is 0 Å². The van der Waals surface area contributed by atoms with Gasteiger partial charge in [-0.1, -0.05) is 66.8 Å². The monoisotopic (exact) mass is 377 g/mol. The lowest BCUT2D eigenvalue weighted by atomic mass is 9.98. The summed E-state index contributed by atoms with van der Waals surface area (Å²) in [6, 6.07) is 14.8. The summed E-state index contributed by atoms with van der Waals surface area (Å²) >= 11 is 4.94. The normalized spacial score (nSPS) is 11.0. The van der Waals surface area contributed by atoms with Crippen LogP contribution in [0.5, 0.6) is 0 Å². The summed E-state index contributed by atoms with van der Waals surface area (Å²) in [4.78, 5) is 15.9. The lowest BCUT2D eigenvalue weighted by Gasteiger charge is -2.08. The largest absolute Gasteiger partial charge is 0.478 e. The highest BCUT2D eigenvalue weighted by molar-refractivity contribution is 7.79. The zero-order valence-electron chi connectivity index (χ0n) is 14.9. The number of benzene rings is 2. The van der Waals surface area contributed by atoms with Gasteiger partial charge < -0.3 is 5.11 Å². The van der Waals surface area contributed by atoms with Gasteiger partial charge in [0, 0.05) is 11.8 Å². The van der Waals surface area contributed by atoms with Crippen LogP contribution in [0.3, 0.4) is 0 Å². The second kappa shape index (κ2) is 8.51. The first-order chi connectivity index (χ1) is 13.1. The van der Waals surface area contributed by atoms with Gasteiger partial charge in [-0.2, -0.15) is 5.10 Å². The van der Waals surface area contributed by atoms with E-state index in [0.29, 0.717) is 29.9 Å². The Morgan fingerprint density at radius 1 is 1.19 bits per heavy atom. The molecule has 1 N–H and O–H groups in total. The molecule has 0 aliphatic heterocycles. The molecule has 1 aromatic heterocycles. The molecular formula is C21H19N3O2S. The van der Waals surface area contributed by atoms with Gasteiger partial charge in [-0.15, -0.1) is 0 Å². The zero-order valence-corrected chi connectivity index (χ0v) is 15.7. The van der Waals surface area contributed by atoms with Crippen molar-refractivity contribution < 1.29 is 9.90 Å². The Hall–Kier alpha value is -3.12. The molecule has 0 spiro atoms. The van der Waals surface area contributed by atoms with Gasteiger partial charge in [0.2, 0.25) is 0 Å². The van der Waals surface area contributed by atoms with Crippen LogP contribution in [0, 0.1) is 0 Å². The van der Waals surface area contributed by atoms with Crippen molar-refractivity contribution in [2.75, 3.05) is 0 Å². The van der Waals surface area contributed by atoms with Gasteiger partial charge >= 0.3 is 5.97 Å². The maximum absolute atomic E-state index is 11.4. The van der Waals surface area contributed by atoms with E-state index < -0.39 is 5.97 Å². The fourth-order valence-electron chi connectivity index (χ4n) is 2.83. The third-order valence-electron chi connectivity index (χ3n) is 4.17. The van der Waals surface area contributed by atoms with Crippen LogP contribution >= 0.6 is 12.2 Å². The minimum atomic E-state index is -0.931. The third kappa shape index (κ3) is 4.35. The molecule has 5 nitrogen and oxygen atoms in total. The van der Waals surface area contributed by atoms with Crippen LogP contribution in [0.4, 0.5) is 0 Å². The van der Waals surface area contributed by atoms with Crippen LogP contribution in [-0.4, -0.2) is 31.2 Å². The first kappa shape index (κ1) is 18.7. The van der Waals surface area contributed by atoms with Gasteiger partial charge in [0.25, 0.3) is 0 Å². The number of carbonyl (C=O) groups is 1. The van der Waals surface area contributed by atoms with Crippen LogP contribution in [-0.2, 0) is 13.0 Å². The molecule has 0 bridgehead atoms. The molecule has 0 saturated carbocycles. The zero-order chi connectivity index (χ0) is 19.2. The summed E-state index contributed by atoms with van der Waals surface area (Å²) in [5, 5.41) is 15.2. The van der Waals surface area contributed by atoms with E-state index in [1.807, 2.05) is 60.2 Å². The SMILES string of the molecule is CC=CCn1nc(C=S)nc1Cc1ccc(-c2ccccc2C(=O)O)cc1. The molecule has 3 rings (SSSR count). The van der Waals surface area contributed by atoms with E-state index in [0.717, 1.165) is 17.0 Å². The predicted molar refractivity (Wildman–Crippen MR) is 109 cm³/mol. The van der Waals surface area contributed by atoms with E-state index in [1.165, 1.54) is 5.37 Å². The molecule has 0 fully saturated rings. The van der Waals surface area contributed by atoms with Crippen LogP contribution in [0.15, 0.2) is 60.7 Å². The van der Waals surface area contributed by atoms with E-state index in [2.05, 4.69) is 10.1 Å². The molecular weight excluding hydrogens is 358 g/mol. The highest BCUT2D eigenvalue weighted by Gasteiger charge is 2.12. The van der Waals surface area contributed by atoms with Crippen molar-refractivity contribution in [1.29, 1.82) is 0 Å². The van der Waals surface area contributed by atoms with Crippen molar-refractivity contribution in [2.45, 2.75) is 19.9 Å². The maximum Gasteiger partial charge on any atom is 0.336 e. The number of hydrogen-bond acceptors (Lipinski definition) is 4. The van der Waals surface area contributed by atoms with Crippen molar-refractivity contribution >= 4 is 23.6 Å². The van der Waals surface area contributed by atoms with Gasteiger partial charge in [0.05, 0.1) is 12.1 Å². The molecule has 0 aliphatic rings. The highest BCUT2D eigenvalue weighted by atomic mass is 32.1. The van der Waals surface area contributed by atoms with E-state index in [9.17, 15) is 9.90 Å². The fourth-order valence-corrected chi connectivity index (χ4v) is 2.93. The summed E-state index contributed by atoms with van der Waals surface area (Å²) in [5.41, 5.74) is 2.93. The summed E-state index contributed by atoms with van der Waals surface area (Å²) in [7, 11) is 0. The Morgan fingerprint density at radius 3 is 2.59 bits per heavy atom.